The molecular weight excluding hydrogens is 474 g/mol. The first kappa shape index (κ1) is 26.4. The Balaban J connectivity index is 1.98. The standard InChI is InChI=1S/C25H28ClN3O6/c1-24(2,33)29(25(3,4)34)35-23(32)20(28-22(31)15-9-11-17(26)12-10-15)13-16-14-21(30)27-19-8-6-5-7-18(16)19/h5-12,14,20,33-34H,13H2,1-4H3,(H,27,30)(H,28,31). The van der Waals surface area contributed by atoms with Crippen LogP contribution in [-0.4, -0.2) is 49.6 Å². The lowest BCUT2D eigenvalue weighted by atomic mass is 10.0. The largest absolute Gasteiger partial charge is 0.373 e. The van der Waals surface area contributed by atoms with Crippen molar-refractivity contribution in [2.24, 2.45) is 0 Å². The Morgan fingerprint density at radius 1 is 1.06 bits per heavy atom. The minimum atomic E-state index is -1.74. The monoisotopic (exact) mass is 501 g/mol. The van der Waals surface area contributed by atoms with E-state index in [1.54, 1.807) is 36.4 Å². The van der Waals surface area contributed by atoms with Crippen molar-refractivity contribution in [3.63, 3.8) is 0 Å². The van der Waals surface area contributed by atoms with Gasteiger partial charge >= 0.3 is 5.97 Å². The van der Waals surface area contributed by atoms with E-state index in [2.05, 4.69) is 10.3 Å². The molecule has 1 amide bonds. The number of benzene rings is 2. The lowest BCUT2D eigenvalue weighted by Gasteiger charge is -2.40. The maximum Gasteiger partial charge on any atom is 0.348 e. The Bertz CT molecular complexity index is 1260. The molecule has 0 bridgehead atoms. The summed E-state index contributed by atoms with van der Waals surface area (Å²) in [5.74, 6) is -1.52. The molecule has 0 spiro atoms. The first-order chi connectivity index (χ1) is 16.3. The van der Waals surface area contributed by atoms with Gasteiger partial charge in [0.15, 0.2) is 0 Å². The lowest BCUT2D eigenvalue weighted by molar-refractivity contribution is -0.346. The van der Waals surface area contributed by atoms with Crippen molar-refractivity contribution in [2.45, 2.75) is 51.6 Å². The molecular formula is C25H28ClN3O6. The van der Waals surface area contributed by atoms with Crippen LogP contribution in [0.3, 0.4) is 0 Å². The van der Waals surface area contributed by atoms with Crippen LogP contribution in [-0.2, 0) is 16.1 Å². The number of aliphatic hydroxyl groups is 2. The molecule has 4 N–H and O–H groups in total. The zero-order valence-corrected chi connectivity index (χ0v) is 20.6. The zero-order chi connectivity index (χ0) is 26.0. The molecule has 0 radical (unpaired) electrons. The summed E-state index contributed by atoms with van der Waals surface area (Å²) >= 11 is 5.90. The number of carbonyl (C=O) groups is 2. The van der Waals surface area contributed by atoms with Crippen LogP contribution < -0.4 is 10.9 Å². The molecule has 0 aliphatic heterocycles. The predicted octanol–water partition coefficient (Wildman–Crippen LogP) is 2.74. The van der Waals surface area contributed by atoms with Gasteiger partial charge in [-0.05, 0) is 63.6 Å². The number of aromatic amines is 1. The van der Waals surface area contributed by atoms with Crippen LogP contribution in [0, 0.1) is 0 Å². The number of halogens is 1. The molecule has 0 aliphatic carbocycles. The summed E-state index contributed by atoms with van der Waals surface area (Å²) in [7, 11) is 0. The Hall–Kier alpha value is -3.24. The van der Waals surface area contributed by atoms with Crippen molar-refractivity contribution in [1.82, 2.24) is 15.4 Å². The number of amides is 1. The van der Waals surface area contributed by atoms with Gasteiger partial charge in [-0.2, -0.15) is 0 Å². The maximum absolute atomic E-state index is 13.3. The summed E-state index contributed by atoms with van der Waals surface area (Å²) < 4.78 is 0. The van der Waals surface area contributed by atoms with Gasteiger partial charge in [0.1, 0.15) is 17.5 Å². The van der Waals surface area contributed by atoms with Gasteiger partial charge in [-0.1, -0.05) is 34.9 Å². The van der Waals surface area contributed by atoms with E-state index in [0.29, 0.717) is 21.5 Å². The Labute approximate surface area is 207 Å². The number of fused-ring (bicyclic) bond motifs is 1. The fourth-order valence-corrected chi connectivity index (χ4v) is 3.87. The molecule has 1 unspecified atom stereocenters. The van der Waals surface area contributed by atoms with Gasteiger partial charge in [0.25, 0.3) is 5.91 Å². The van der Waals surface area contributed by atoms with Crippen molar-refractivity contribution >= 4 is 34.4 Å². The van der Waals surface area contributed by atoms with Crippen LogP contribution in [0.2, 0.25) is 5.02 Å². The van der Waals surface area contributed by atoms with Gasteiger partial charge in [0.2, 0.25) is 5.56 Å². The van der Waals surface area contributed by atoms with E-state index in [4.69, 9.17) is 16.4 Å². The maximum atomic E-state index is 13.3. The summed E-state index contributed by atoms with van der Waals surface area (Å²) in [6.45, 7) is 5.35. The second kappa shape index (κ2) is 10.2. The van der Waals surface area contributed by atoms with E-state index in [0.717, 1.165) is 5.06 Å². The summed E-state index contributed by atoms with van der Waals surface area (Å²) in [6, 6.07) is 13.2. The molecule has 0 saturated carbocycles. The molecule has 10 heteroatoms. The first-order valence-corrected chi connectivity index (χ1v) is 11.3. The minimum absolute atomic E-state index is 0.0891. The zero-order valence-electron chi connectivity index (χ0n) is 19.8. The molecule has 0 saturated heterocycles. The smallest absolute Gasteiger partial charge is 0.348 e. The number of para-hydroxylation sites is 1. The van der Waals surface area contributed by atoms with E-state index in [-0.39, 0.29) is 17.5 Å². The van der Waals surface area contributed by atoms with Gasteiger partial charge in [-0.3, -0.25) is 9.59 Å². The van der Waals surface area contributed by atoms with E-state index >= 15 is 0 Å². The number of hydrogen-bond acceptors (Lipinski definition) is 7. The second-order valence-electron chi connectivity index (χ2n) is 9.14. The van der Waals surface area contributed by atoms with Crippen LogP contribution >= 0.6 is 11.6 Å². The second-order valence-corrected chi connectivity index (χ2v) is 9.57. The van der Waals surface area contributed by atoms with E-state index in [1.807, 2.05) is 0 Å². The molecule has 3 aromatic rings. The number of carbonyl (C=O) groups excluding carboxylic acids is 2. The Kier molecular flexibility index (Phi) is 7.66. The topological polar surface area (TPSA) is 132 Å². The molecule has 3 rings (SSSR count). The summed E-state index contributed by atoms with van der Waals surface area (Å²) in [6.07, 6.45) is -0.0891. The third-order valence-corrected chi connectivity index (χ3v) is 5.38. The highest BCUT2D eigenvalue weighted by molar-refractivity contribution is 6.30. The summed E-state index contributed by atoms with van der Waals surface area (Å²) in [5, 5.41) is 25.4. The van der Waals surface area contributed by atoms with Gasteiger partial charge in [0.05, 0.1) is 0 Å². The number of rotatable bonds is 8. The van der Waals surface area contributed by atoms with Crippen LogP contribution in [0.15, 0.2) is 59.4 Å². The third kappa shape index (κ3) is 6.67. The highest BCUT2D eigenvalue weighted by Gasteiger charge is 2.40. The predicted molar refractivity (Wildman–Crippen MR) is 132 cm³/mol. The van der Waals surface area contributed by atoms with Crippen LogP contribution in [0.4, 0.5) is 0 Å². The molecule has 0 fully saturated rings. The lowest BCUT2D eigenvalue weighted by Crippen LogP contribution is -2.58. The van der Waals surface area contributed by atoms with Crippen LogP contribution in [0.1, 0.15) is 43.6 Å². The van der Waals surface area contributed by atoms with Crippen molar-refractivity contribution < 1.29 is 24.6 Å². The molecule has 1 atom stereocenters. The highest BCUT2D eigenvalue weighted by Crippen LogP contribution is 2.23. The quantitative estimate of drug-likeness (QED) is 0.275. The van der Waals surface area contributed by atoms with E-state index in [9.17, 15) is 24.6 Å². The summed E-state index contributed by atoms with van der Waals surface area (Å²) in [5.41, 5.74) is -2.53. The van der Waals surface area contributed by atoms with Gasteiger partial charge in [-0.15, -0.1) is 0 Å². The Morgan fingerprint density at radius 2 is 1.66 bits per heavy atom. The molecule has 1 aromatic heterocycles. The minimum Gasteiger partial charge on any atom is -0.373 e. The fourth-order valence-electron chi connectivity index (χ4n) is 3.75. The van der Waals surface area contributed by atoms with Crippen molar-refractivity contribution in [3.8, 4) is 0 Å². The number of hydroxylamine groups is 2. The molecule has 2 aromatic carbocycles. The van der Waals surface area contributed by atoms with E-state index < -0.39 is 29.4 Å². The summed E-state index contributed by atoms with van der Waals surface area (Å²) in [4.78, 5) is 46.6. The number of aromatic nitrogens is 1. The Morgan fingerprint density at radius 3 is 2.26 bits per heavy atom. The van der Waals surface area contributed by atoms with Crippen molar-refractivity contribution in [3.05, 3.63) is 81.1 Å². The average Bonchev–Trinajstić information content (AvgIpc) is 2.75. The van der Waals surface area contributed by atoms with E-state index in [1.165, 1.54) is 45.9 Å². The van der Waals surface area contributed by atoms with Crippen LogP contribution in [0.25, 0.3) is 10.9 Å². The molecule has 9 nitrogen and oxygen atoms in total. The molecule has 186 valence electrons. The van der Waals surface area contributed by atoms with Gasteiger partial charge in [0, 0.05) is 34.0 Å². The normalized spacial score (nSPS) is 13.0. The number of pyridine rings is 1. The average molecular weight is 502 g/mol. The fraction of sp³-hybridized carbons (Fsp3) is 0.320. The molecule has 35 heavy (non-hydrogen) atoms. The number of nitrogens with zero attached hydrogens (tertiary/aromatic N) is 1. The van der Waals surface area contributed by atoms with Crippen molar-refractivity contribution in [2.75, 3.05) is 0 Å². The highest BCUT2D eigenvalue weighted by atomic mass is 35.5. The number of H-pyrrole nitrogens is 1. The van der Waals surface area contributed by atoms with Gasteiger partial charge in [-0.25, -0.2) is 4.79 Å². The SMILES string of the molecule is CC(C)(O)N(OC(=O)C(Cc1cc(=O)[nH]c2ccccc12)NC(=O)c1ccc(Cl)cc1)C(C)(C)O. The van der Waals surface area contributed by atoms with Gasteiger partial charge < -0.3 is 25.4 Å². The number of nitrogens with one attached hydrogen (secondary N) is 2. The first-order valence-electron chi connectivity index (χ1n) is 10.9. The molecule has 1 heterocycles. The third-order valence-electron chi connectivity index (χ3n) is 5.13. The molecule has 0 aliphatic rings. The number of hydrogen-bond donors (Lipinski definition) is 4. The van der Waals surface area contributed by atoms with Crippen LogP contribution in [0.5, 0.6) is 0 Å². The van der Waals surface area contributed by atoms with Crippen molar-refractivity contribution in [1.29, 1.82) is 0 Å².